The highest BCUT2D eigenvalue weighted by atomic mass is 32.2. The molecule has 2 nitrogen and oxygen atoms in total. The molecule has 0 aromatic heterocycles. The van der Waals surface area contributed by atoms with Crippen LogP contribution < -0.4 is 4.90 Å². The normalized spacial score (nSPS) is 23.8. The number of rotatable bonds is 2. The fourth-order valence-corrected chi connectivity index (χ4v) is 4.18. The van der Waals surface area contributed by atoms with E-state index in [1.54, 1.807) is 0 Å². The van der Waals surface area contributed by atoms with Crippen LogP contribution in [0, 0.1) is 0 Å². The first-order valence-electron chi connectivity index (χ1n) is 6.46. The summed E-state index contributed by atoms with van der Waals surface area (Å²) < 4.78 is 0. The molecule has 1 aromatic carbocycles. The van der Waals surface area contributed by atoms with E-state index in [0.29, 0.717) is 6.04 Å². The Bertz CT molecular complexity index is 401. The molecule has 3 rings (SSSR count). The highest BCUT2D eigenvalue weighted by Crippen LogP contribution is 2.35. The standard InChI is InChI=1S/C14H19NOS/c16-9-11-3-1-5-14-13(11)6-7-15(14)12-4-2-8-17-10-12/h1,3,5,12,16H,2,4,6-10H2. The number of benzene rings is 1. The number of hydrogen-bond acceptors (Lipinski definition) is 3. The molecule has 1 unspecified atom stereocenters. The van der Waals surface area contributed by atoms with Gasteiger partial charge in [-0.15, -0.1) is 0 Å². The Morgan fingerprint density at radius 2 is 2.35 bits per heavy atom. The smallest absolute Gasteiger partial charge is 0.0685 e. The van der Waals surface area contributed by atoms with Crippen molar-refractivity contribution in [3.05, 3.63) is 29.3 Å². The van der Waals surface area contributed by atoms with E-state index in [1.807, 2.05) is 0 Å². The highest BCUT2D eigenvalue weighted by Gasteiger charge is 2.28. The fraction of sp³-hybridized carbons (Fsp3) is 0.571. The number of fused-ring (bicyclic) bond motifs is 1. The van der Waals surface area contributed by atoms with Crippen LogP contribution in [0.5, 0.6) is 0 Å². The second-order valence-electron chi connectivity index (χ2n) is 4.89. The quantitative estimate of drug-likeness (QED) is 0.871. The molecule has 1 saturated heterocycles. The number of anilines is 1. The van der Waals surface area contributed by atoms with Crippen molar-refractivity contribution >= 4 is 17.4 Å². The molecular weight excluding hydrogens is 230 g/mol. The molecule has 2 aliphatic rings. The average Bonchev–Trinajstić information content (AvgIpc) is 2.83. The van der Waals surface area contributed by atoms with E-state index in [1.165, 1.54) is 35.6 Å². The molecule has 2 aliphatic heterocycles. The summed E-state index contributed by atoms with van der Waals surface area (Å²) in [5.74, 6) is 2.59. The number of hydrogen-bond donors (Lipinski definition) is 1. The van der Waals surface area contributed by atoms with Crippen molar-refractivity contribution in [3.63, 3.8) is 0 Å². The monoisotopic (exact) mass is 249 g/mol. The number of thioether (sulfide) groups is 1. The molecule has 0 aliphatic carbocycles. The summed E-state index contributed by atoms with van der Waals surface area (Å²) in [5.41, 5.74) is 3.88. The topological polar surface area (TPSA) is 23.5 Å². The summed E-state index contributed by atoms with van der Waals surface area (Å²) in [6, 6.07) is 7.07. The molecule has 0 saturated carbocycles. The largest absolute Gasteiger partial charge is 0.392 e. The summed E-state index contributed by atoms with van der Waals surface area (Å²) in [5, 5.41) is 9.38. The maximum absolute atomic E-state index is 9.38. The van der Waals surface area contributed by atoms with Gasteiger partial charge in [0, 0.05) is 24.0 Å². The molecule has 92 valence electrons. The first kappa shape index (κ1) is 11.4. The molecule has 0 amide bonds. The predicted molar refractivity (Wildman–Crippen MR) is 73.8 cm³/mol. The lowest BCUT2D eigenvalue weighted by Crippen LogP contribution is -2.37. The molecule has 0 spiro atoms. The number of aliphatic hydroxyl groups excluding tert-OH is 1. The summed E-state index contributed by atoms with van der Waals surface area (Å²) in [4.78, 5) is 2.57. The van der Waals surface area contributed by atoms with Crippen LogP contribution in [0.15, 0.2) is 18.2 Å². The van der Waals surface area contributed by atoms with Crippen molar-refractivity contribution in [2.24, 2.45) is 0 Å². The summed E-state index contributed by atoms with van der Waals surface area (Å²) >= 11 is 2.08. The zero-order valence-electron chi connectivity index (χ0n) is 10.1. The predicted octanol–water partition coefficient (Wildman–Crippen LogP) is 2.44. The molecule has 0 radical (unpaired) electrons. The van der Waals surface area contributed by atoms with E-state index >= 15 is 0 Å². The van der Waals surface area contributed by atoms with E-state index in [0.717, 1.165) is 18.5 Å². The summed E-state index contributed by atoms with van der Waals surface area (Å²) in [6.45, 7) is 1.31. The third-order valence-corrected chi connectivity index (χ3v) is 5.11. The lowest BCUT2D eigenvalue weighted by Gasteiger charge is -2.33. The van der Waals surface area contributed by atoms with E-state index in [-0.39, 0.29) is 6.61 Å². The maximum Gasteiger partial charge on any atom is 0.0685 e. The minimum atomic E-state index is 0.177. The molecule has 1 aromatic rings. The first-order chi connectivity index (χ1) is 8.40. The second-order valence-corrected chi connectivity index (χ2v) is 6.04. The van der Waals surface area contributed by atoms with Gasteiger partial charge in [-0.3, -0.25) is 0 Å². The van der Waals surface area contributed by atoms with Crippen molar-refractivity contribution in [2.45, 2.75) is 31.9 Å². The van der Waals surface area contributed by atoms with Crippen molar-refractivity contribution in [3.8, 4) is 0 Å². The SMILES string of the molecule is OCc1cccc2c1CCN2C1CCCSC1. The Hall–Kier alpha value is -0.670. The Morgan fingerprint density at radius 1 is 1.41 bits per heavy atom. The van der Waals surface area contributed by atoms with Crippen LogP contribution in [0.1, 0.15) is 24.0 Å². The Morgan fingerprint density at radius 3 is 3.12 bits per heavy atom. The van der Waals surface area contributed by atoms with Gasteiger partial charge in [-0.25, -0.2) is 0 Å². The van der Waals surface area contributed by atoms with Crippen LogP contribution in [0.25, 0.3) is 0 Å². The van der Waals surface area contributed by atoms with Gasteiger partial charge < -0.3 is 10.0 Å². The van der Waals surface area contributed by atoms with Gasteiger partial charge in [0.05, 0.1) is 6.61 Å². The van der Waals surface area contributed by atoms with Crippen LogP contribution in [-0.4, -0.2) is 29.2 Å². The highest BCUT2D eigenvalue weighted by molar-refractivity contribution is 7.99. The Labute approximate surface area is 107 Å². The van der Waals surface area contributed by atoms with Gasteiger partial charge >= 0.3 is 0 Å². The van der Waals surface area contributed by atoms with Gasteiger partial charge in [0.15, 0.2) is 0 Å². The fourth-order valence-electron chi connectivity index (χ4n) is 3.03. The van der Waals surface area contributed by atoms with Gasteiger partial charge in [0.25, 0.3) is 0 Å². The number of aliphatic hydroxyl groups is 1. The van der Waals surface area contributed by atoms with Gasteiger partial charge in [0.1, 0.15) is 0 Å². The Kier molecular flexibility index (Phi) is 3.30. The van der Waals surface area contributed by atoms with Gasteiger partial charge in [-0.2, -0.15) is 11.8 Å². The van der Waals surface area contributed by atoms with E-state index < -0.39 is 0 Å². The molecule has 1 fully saturated rings. The van der Waals surface area contributed by atoms with Crippen LogP contribution in [0.4, 0.5) is 5.69 Å². The van der Waals surface area contributed by atoms with E-state index in [4.69, 9.17) is 0 Å². The van der Waals surface area contributed by atoms with Crippen molar-refractivity contribution in [1.29, 1.82) is 0 Å². The van der Waals surface area contributed by atoms with E-state index in [2.05, 4.69) is 34.9 Å². The van der Waals surface area contributed by atoms with Crippen molar-refractivity contribution < 1.29 is 5.11 Å². The van der Waals surface area contributed by atoms with Crippen LogP contribution in [-0.2, 0) is 13.0 Å². The minimum absolute atomic E-state index is 0.177. The molecule has 2 heterocycles. The van der Waals surface area contributed by atoms with Crippen molar-refractivity contribution in [1.82, 2.24) is 0 Å². The minimum Gasteiger partial charge on any atom is -0.392 e. The Balaban J connectivity index is 1.87. The first-order valence-corrected chi connectivity index (χ1v) is 7.61. The molecule has 3 heteroatoms. The van der Waals surface area contributed by atoms with Crippen LogP contribution in [0.3, 0.4) is 0 Å². The van der Waals surface area contributed by atoms with Crippen LogP contribution >= 0.6 is 11.8 Å². The van der Waals surface area contributed by atoms with Crippen molar-refractivity contribution in [2.75, 3.05) is 23.0 Å². The zero-order valence-corrected chi connectivity index (χ0v) is 10.9. The van der Waals surface area contributed by atoms with Crippen LogP contribution in [0.2, 0.25) is 0 Å². The molecule has 1 N–H and O–H groups in total. The third kappa shape index (κ3) is 2.06. The van der Waals surface area contributed by atoms with Gasteiger partial charge in [-0.05, 0) is 42.2 Å². The summed E-state index contributed by atoms with van der Waals surface area (Å²) in [7, 11) is 0. The maximum atomic E-state index is 9.38. The van der Waals surface area contributed by atoms with Gasteiger partial charge in [-0.1, -0.05) is 12.1 Å². The third-order valence-electron chi connectivity index (χ3n) is 3.91. The zero-order chi connectivity index (χ0) is 11.7. The summed E-state index contributed by atoms with van der Waals surface area (Å²) in [6.07, 6.45) is 3.78. The average molecular weight is 249 g/mol. The lowest BCUT2D eigenvalue weighted by molar-refractivity contribution is 0.281. The van der Waals surface area contributed by atoms with Gasteiger partial charge in [0.2, 0.25) is 0 Å². The number of nitrogens with zero attached hydrogens (tertiary/aromatic N) is 1. The lowest BCUT2D eigenvalue weighted by atomic mass is 10.1. The molecular formula is C14H19NOS. The molecule has 17 heavy (non-hydrogen) atoms. The second kappa shape index (κ2) is 4.91. The molecule has 1 atom stereocenters. The molecule has 0 bridgehead atoms. The van der Waals surface area contributed by atoms with E-state index in [9.17, 15) is 5.11 Å².